The molecule has 1 heterocycles. The fourth-order valence-electron chi connectivity index (χ4n) is 0.274. The summed E-state index contributed by atoms with van der Waals surface area (Å²) in [5.41, 5.74) is 0. The lowest BCUT2D eigenvalue weighted by Gasteiger charge is -1.82. The molecule has 1 saturated heterocycles. The predicted octanol–water partition coefficient (Wildman–Crippen LogP) is 1.38. The first-order valence-corrected chi connectivity index (χ1v) is 3.04. The molecule has 0 radical (unpaired) electrons. The number of rotatable bonds is 0. The lowest BCUT2D eigenvalue weighted by atomic mass is 10.5. The summed E-state index contributed by atoms with van der Waals surface area (Å²) in [6.45, 7) is 0. The Kier molecular flexibility index (Phi) is 1.32. The van der Waals surface area contributed by atoms with Crippen molar-refractivity contribution in [1.82, 2.24) is 0 Å². The largest absolute Gasteiger partial charge is 0.419 e. The molecular formula is C3H4OS2. The lowest BCUT2D eigenvalue weighted by molar-refractivity contribution is 0.672. The van der Waals surface area contributed by atoms with Crippen molar-refractivity contribution in [1.29, 1.82) is 0 Å². The van der Waals surface area contributed by atoms with Crippen molar-refractivity contribution < 1.29 is 4.18 Å². The molecule has 0 aromatic carbocycles. The van der Waals surface area contributed by atoms with E-state index >= 15 is 0 Å². The molecule has 1 rings (SSSR count). The van der Waals surface area contributed by atoms with E-state index < -0.39 is 0 Å². The fraction of sp³-hybridized carbons (Fsp3) is 0.667. The zero-order valence-corrected chi connectivity index (χ0v) is 4.77. The molecule has 3 heteroatoms. The van der Waals surface area contributed by atoms with E-state index in [0.717, 1.165) is 17.2 Å². The molecule has 6 heavy (non-hydrogen) atoms. The molecule has 0 amide bonds. The second-order valence-corrected chi connectivity index (χ2v) is 2.29. The minimum Gasteiger partial charge on any atom is -0.419 e. The Morgan fingerprint density at radius 2 is 2.67 bits per heavy atom. The van der Waals surface area contributed by atoms with Crippen molar-refractivity contribution in [3.8, 4) is 0 Å². The fourth-order valence-corrected chi connectivity index (χ4v) is 1.22. The molecule has 0 saturated carbocycles. The predicted molar refractivity (Wildman–Crippen MR) is 30.8 cm³/mol. The Labute approximate surface area is 46.3 Å². The SMILES string of the molecule is S=C1CCSO1. The summed E-state index contributed by atoms with van der Waals surface area (Å²) in [5.74, 6) is 1.04. The van der Waals surface area contributed by atoms with E-state index in [0.29, 0.717) is 0 Å². The van der Waals surface area contributed by atoms with E-state index in [1.807, 2.05) is 0 Å². The number of hydrogen-bond donors (Lipinski definition) is 0. The van der Waals surface area contributed by atoms with Crippen molar-refractivity contribution >= 4 is 29.3 Å². The van der Waals surface area contributed by atoms with Gasteiger partial charge in [0, 0.05) is 12.2 Å². The maximum atomic E-state index is 4.80. The third kappa shape index (κ3) is 0.849. The molecule has 34 valence electrons. The van der Waals surface area contributed by atoms with Crippen LogP contribution < -0.4 is 0 Å². The average Bonchev–Trinajstić information content (AvgIpc) is 1.86. The molecule has 0 aliphatic carbocycles. The second kappa shape index (κ2) is 1.80. The van der Waals surface area contributed by atoms with E-state index in [9.17, 15) is 0 Å². The molecule has 0 N–H and O–H groups in total. The minimum atomic E-state index is 0.750. The molecule has 1 aliphatic rings. The normalized spacial score (nSPS) is 21.0. The third-order valence-corrected chi connectivity index (χ3v) is 1.62. The summed E-state index contributed by atoms with van der Waals surface area (Å²) in [4.78, 5) is 0. The highest BCUT2D eigenvalue weighted by Crippen LogP contribution is 2.15. The van der Waals surface area contributed by atoms with Gasteiger partial charge in [0.2, 0.25) is 0 Å². The topological polar surface area (TPSA) is 9.23 Å². The summed E-state index contributed by atoms with van der Waals surface area (Å²) in [6.07, 6.45) is 0.958. The van der Waals surface area contributed by atoms with E-state index in [-0.39, 0.29) is 0 Å². The van der Waals surface area contributed by atoms with Crippen molar-refractivity contribution in [3.05, 3.63) is 0 Å². The van der Waals surface area contributed by atoms with Gasteiger partial charge in [0.25, 0.3) is 0 Å². The van der Waals surface area contributed by atoms with Crippen LogP contribution in [-0.2, 0) is 4.18 Å². The summed E-state index contributed by atoms with van der Waals surface area (Å²) in [6, 6.07) is 0. The molecule has 0 atom stereocenters. The maximum absolute atomic E-state index is 4.80. The maximum Gasteiger partial charge on any atom is 0.178 e. The van der Waals surface area contributed by atoms with Crippen LogP contribution in [-0.4, -0.2) is 10.8 Å². The lowest BCUT2D eigenvalue weighted by Crippen LogP contribution is -1.81. The van der Waals surface area contributed by atoms with E-state index in [1.165, 1.54) is 12.0 Å². The molecule has 1 aliphatic heterocycles. The molecular weight excluding hydrogens is 116 g/mol. The van der Waals surface area contributed by atoms with Crippen LogP contribution in [0.15, 0.2) is 0 Å². The van der Waals surface area contributed by atoms with Crippen molar-refractivity contribution in [3.63, 3.8) is 0 Å². The van der Waals surface area contributed by atoms with E-state index in [4.69, 9.17) is 4.18 Å². The highest BCUT2D eigenvalue weighted by atomic mass is 32.2. The Morgan fingerprint density at radius 1 is 1.83 bits per heavy atom. The first-order chi connectivity index (χ1) is 2.89. The molecule has 1 nitrogen and oxygen atoms in total. The van der Waals surface area contributed by atoms with Crippen molar-refractivity contribution in [2.24, 2.45) is 0 Å². The van der Waals surface area contributed by atoms with Crippen LogP contribution in [0.5, 0.6) is 0 Å². The van der Waals surface area contributed by atoms with Gasteiger partial charge in [-0.3, -0.25) is 0 Å². The average molecular weight is 120 g/mol. The minimum absolute atomic E-state index is 0.750. The van der Waals surface area contributed by atoms with Crippen LogP contribution in [0.4, 0.5) is 0 Å². The van der Waals surface area contributed by atoms with Crippen molar-refractivity contribution in [2.45, 2.75) is 6.42 Å². The zero-order valence-electron chi connectivity index (χ0n) is 3.14. The van der Waals surface area contributed by atoms with E-state index in [2.05, 4.69) is 12.2 Å². The van der Waals surface area contributed by atoms with Crippen LogP contribution >= 0.6 is 24.3 Å². The van der Waals surface area contributed by atoms with E-state index in [1.54, 1.807) is 0 Å². The van der Waals surface area contributed by atoms with Gasteiger partial charge < -0.3 is 4.18 Å². The summed E-state index contributed by atoms with van der Waals surface area (Å²) in [7, 11) is 0. The third-order valence-electron chi connectivity index (χ3n) is 0.541. The van der Waals surface area contributed by atoms with Gasteiger partial charge in [-0.1, -0.05) is 0 Å². The molecule has 1 fully saturated rings. The summed E-state index contributed by atoms with van der Waals surface area (Å²) < 4.78 is 4.80. The molecule has 0 spiro atoms. The van der Waals surface area contributed by atoms with Crippen LogP contribution in [0.25, 0.3) is 0 Å². The van der Waals surface area contributed by atoms with Gasteiger partial charge in [0.05, 0.1) is 12.0 Å². The standard InChI is InChI=1S/C3H4OS2/c5-3-1-2-6-4-3/h1-2H2. The smallest absolute Gasteiger partial charge is 0.178 e. The molecule has 0 bridgehead atoms. The molecule has 0 unspecified atom stereocenters. The Balaban J connectivity index is 2.37. The van der Waals surface area contributed by atoms with Gasteiger partial charge in [-0.15, -0.1) is 0 Å². The number of thiocarbonyl (C=S) groups is 1. The summed E-state index contributed by atoms with van der Waals surface area (Å²) >= 11 is 6.12. The van der Waals surface area contributed by atoms with Gasteiger partial charge in [-0.25, -0.2) is 0 Å². The first-order valence-electron chi connectivity index (χ1n) is 1.72. The first kappa shape index (κ1) is 4.40. The highest BCUT2D eigenvalue weighted by molar-refractivity contribution is 7.96. The van der Waals surface area contributed by atoms with Gasteiger partial charge in [-0.2, -0.15) is 0 Å². The van der Waals surface area contributed by atoms with Crippen LogP contribution in [0, 0.1) is 0 Å². The molecule has 0 aromatic heterocycles. The van der Waals surface area contributed by atoms with Crippen LogP contribution in [0.2, 0.25) is 0 Å². The van der Waals surface area contributed by atoms with Crippen molar-refractivity contribution in [2.75, 3.05) is 5.75 Å². The Bertz CT molecular complexity index is 63.2. The molecule has 0 aromatic rings. The monoisotopic (exact) mass is 120 g/mol. The number of hydrogen-bond acceptors (Lipinski definition) is 3. The van der Waals surface area contributed by atoms with Gasteiger partial charge >= 0.3 is 0 Å². The van der Waals surface area contributed by atoms with Crippen LogP contribution in [0.1, 0.15) is 6.42 Å². The Morgan fingerprint density at radius 3 is 2.83 bits per heavy atom. The zero-order chi connectivity index (χ0) is 4.41. The quantitative estimate of drug-likeness (QED) is 0.353. The van der Waals surface area contributed by atoms with Crippen LogP contribution in [0.3, 0.4) is 0 Å². The van der Waals surface area contributed by atoms with Gasteiger partial charge in [-0.05, 0) is 12.2 Å². The summed E-state index contributed by atoms with van der Waals surface area (Å²) in [5, 5.41) is 0.750. The second-order valence-electron chi connectivity index (χ2n) is 1.03. The Hall–Kier alpha value is 0.240. The van der Waals surface area contributed by atoms with Gasteiger partial charge in [0.1, 0.15) is 0 Å². The van der Waals surface area contributed by atoms with Gasteiger partial charge in [0.15, 0.2) is 5.05 Å². The highest BCUT2D eigenvalue weighted by Gasteiger charge is 2.05.